The average Bonchev–Trinajstić information content (AvgIpc) is 2.55. The molecule has 1 saturated carbocycles. The van der Waals surface area contributed by atoms with Gasteiger partial charge in [0.15, 0.2) is 0 Å². The Kier molecular flexibility index (Phi) is 8.70. The van der Waals surface area contributed by atoms with Gasteiger partial charge in [0.05, 0.1) is 24.9 Å². The molecule has 1 aromatic rings. The van der Waals surface area contributed by atoms with Crippen LogP contribution in [0.2, 0.25) is 0 Å². The molecule has 0 bridgehead atoms. The molecule has 0 saturated heterocycles. The highest BCUT2D eigenvalue weighted by Crippen LogP contribution is 2.27. The molecule has 0 aliphatic heterocycles. The number of hydrogen-bond donors (Lipinski definition) is 2. The molecule has 1 amide bonds. The normalized spacial score (nSPS) is 17.6. The summed E-state index contributed by atoms with van der Waals surface area (Å²) >= 11 is 0. The molecule has 0 aromatic heterocycles. The van der Waals surface area contributed by atoms with E-state index in [1.165, 1.54) is 0 Å². The SMILES string of the molecule is CN(CC(O)COCc1ccccc1)C(=O)C1(N)CCCCC1.Cl. The van der Waals surface area contributed by atoms with Gasteiger partial charge in [-0.25, -0.2) is 0 Å². The van der Waals surface area contributed by atoms with Gasteiger partial charge in [0.1, 0.15) is 0 Å². The zero-order valence-electron chi connectivity index (χ0n) is 14.3. The number of likely N-dealkylation sites (N-methyl/N-ethyl adjacent to an activating group) is 1. The highest BCUT2D eigenvalue weighted by Gasteiger charge is 2.37. The van der Waals surface area contributed by atoms with Crippen molar-refractivity contribution in [1.82, 2.24) is 4.90 Å². The van der Waals surface area contributed by atoms with E-state index in [0.29, 0.717) is 6.61 Å². The van der Waals surface area contributed by atoms with Crippen molar-refractivity contribution in [2.45, 2.75) is 50.4 Å². The number of benzene rings is 1. The number of ether oxygens (including phenoxy) is 1. The zero-order chi connectivity index (χ0) is 16.7. The van der Waals surface area contributed by atoms with Gasteiger partial charge in [-0.15, -0.1) is 12.4 Å². The van der Waals surface area contributed by atoms with Gasteiger partial charge in [-0.05, 0) is 18.4 Å². The molecule has 6 heteroatoms. The fraction of sp³-hybridized carbons (Fsp3) is 0.611. The molecule has 0 radical (unpaired) electrons. The number of amides is 1. The summed E-state index contributed by atoms with van der Waals surface area (Å²) < 4.78 is 5.51. The topological polar surface area (TPSA) is 75.8 Å². The van der Waals surface area contributed by atoms with Crippen LogP contribution in [0.1, 0.15) is 37.7 Å². The second-order valence-corrected chi connectivity index (χ2v) is 6.56. The van der Waals surface area contributed by atoms with E-state index in [9.17, 15) is 9.90 Å². The zero-order valence-corrected chi connectivity index (χ0v) is 15.1. The molecule has 0 heterocycles. The molecule has 1 unspecified atom stereocenters. The number of nitrogens with zero attached hydrogens (tertiary/aromatic N) is 1. The summed E-state index contributed by atoms with van der Waals surface area (Å²) in [5.41, 5.74) is 6.56. The lowest BCUT2D eigenvalue weighted by Gasteiger charge is -2.36. The third kappa shape index (κ3) is 6.06. The Morgan fingerprint density at radius 2 is 1.92 bits per heavy atom. The highest BCUT2D eigenvalue weighted by molar-refractivity contribution is 5.86. The third-order valence-corrected chi connectivity index (χ3v) is 4.42. The van der Waals surface area contributed by atoms with Crippen molar-refractivity contribution in [3.63, 3.8) is 0 Å². The number of halogens is 1. The predicted octanol–water partition coefficient (Wildman–Crippen LogP) is 2.11. The molecule has 1 aromatic carbocycles. The summed E-state index contributed by atoms with van der Waals surface area (Å²) in [6.45, 7) is 0.896. The molecule has 1 atom stereocenters. The van der Waals surface area contributed by atoms with Crippen LogP contribution in [0.15, 0.2) is 30.3 Å². The Hall–Kier alpha value is -1.14. The lowest BCUT2D eigenvalue weighted by atomic mass is 9.81. The first-order valence-electron chi connectivity index (χ1n) is 8.35. The standard InChI is InChI=1S/C18H28N2O3.ClH/c1-20(17(22)18(19)10-6-3-7-11-18)12-16(21)14-23-13-15-8-4-2-5-9-15;/h2,4-5,8-9,16,21H,3,6-7,10-14,19H2,1H3;1H. The van der Waals surface area contributed by atoms with Crippen molar-refractivity contribution in [2.75, 3.05) is 20.2 Å². The Labute approximate surface area is 150 Å². The minimum absolute atomic E-state index is 0. The van der Waals surface area contributed by atoms with E-state index in [0.717, 1.165) is 37.7 Å². The van der Waals surface area contributed by atoms with Gasteiger partial charge in [-0.3, -0.25) is 4.79 Å². The largest absolute Gasteiger partial charge is 0.389 e. The maximum Gasteiger partial charge on any atom is 0.242 e. The molecule has 0 spiro atoms. The second kappa shape index (κ2) is 9.99. The summed E-state index contributed by atoms with van der Waals surface area (Å²) in [4.78, 5) is 14.0. The Morgan fingerprint density at radius 3 is 2.54 bits per heavy atom. The van der Waals surface area contributed by atoms with E-state index in [2.05, 4.69) is 0 Å². The Morgan fingerprint density at radius 1 is 1.29 bits per heavy atom. The minimum Gasteiger partial charge on any atom is -0.389 e. The van der Waals surface area contributed by atoms with Crippen molar-refractivity contribution in [3.8, 4) is 0 Å². The van der Waals surface area contributed by atoms with Crippen LogP contribution in [0.3, 0.4) is 0 Å². The fourth-order valence-electron chi connectivity index (χ4n) is 3.12. The maximum atomic E-state index is 12.5. The molecule has 136 valence electrons. The molecule has 1 aliphatic rings. The van der Waals surface area contributed by atoms with Crippen molar-refractivity contribution in [2.24, 2.45) is 5.73 Å². The fourth-order valence-corrected chi connectivity index (χ4v) is 3.12. The van der Waals surface area contributed by atoms with E-state index in [4.69, 9.17) is 10.5 Å². The molecule has 1 aliphatic carbocycles. The quantitative estimate of drug-likeness (QED) is 0.784. The van der Waals surface area contributed by atoms with Gasteiger partial charge in [0.2, 0.25) is 5.91 Å². The molecule has 2 rings (SSSR count). The van der Waals surface area contributed by atoms with Gasteiger partial charge >= 0.3 is 0 Å². The molecule has 1 fully saturated rings. The molecule has 24 heavy (non-hydrogen) atoms. The lowest BCUT2D eigenvalue weighted by Crippen LogP contribution is -2.56. The number of aliphatic hydroxyl groups is 1. The summed E-state index contributed by atoms with van der Waals surface area (Å²) in [6, 6.07) is 9.80. The number of rotatable bonds is 7. The minimum atomic E-state index is -0.752. The smallest absolute Gasteiger partial charge is 0.242 e. The third-order valence-electron chi connectivity index (χ3n) is 4.42. The molecule has 5 nitrogen and oxygen atoms in total. The first-order valence-corrected chi connectivity index (χ1v) is 8.35. The van der Waals surface area contributed by atoms with Gasteiger partial charge in [-0.1, -0.05) is 49.6 Å². The Bertz CT molecular complexity index is 492. The monoisotopic (exact) mass is 356 g/mol. The Balaban J connectivity index is 0.00000288. The second-order valence-electron chi connectivity index (χ2n) is 6.56. The highest BCUT2D eigenvalue weighted by atomic mass is 35.5. The number of carbonyl (C=O) groups excluding carboxylic acids is 1. The van der Waals surface area contributed by atoms with Crippen LogP contribution in [0.4, 0.5) is 0 Å². The van der Waals surface area contributed by atoms with Crippen LogP contribution >= 0.6 is 12.4 Å². The van der Waals surface area contributed by atoms with Crippen molar-refractivity contribution < 1.29 is 14.6 Å². The van der Waals surface area contributed by atoms with Crippen LogP contribution in [0.5, 0.6) is 0 Å². The number of nitrogens with two attached hydrogens (primary N) is 1. The van der Waals surface area contributed by atoms with Gasteiger partial charge < -0.3 is 20.5 Å². The van der Waals surface area contributed by atoms with E-state index in [1.54, 1.807) is 11.9 Å². The first kappa shape index (κ1) is 20.9. The van der Waals surface area contributed by atoms with Crippen LogP contribution in [0.25, 0.3) is 0 Å². The molecular weight excluding hydrogens is 328 g/mol. The van der Waals surface area contributed by atoms with Gasteiger partial charge in [-0.2, -0.15) is 0 Å². The predicted molar refractivity (Wildman–Crippen MR) is 97.0 cm³/mol. The van der Waals surface area contributed by atoms with Gasteiger partial charge in [0, 0.05) is 13.6 Å². The molecule has 3 N–H and O–H groups in total. The molecular formula is C18H29ClN2O3. The van der Waals surface area contributed by atoms with E-state index >= 15 is 0 Å². The van der Waals surface area contributed by atoms with Crippen LogP contribution in [0, 0.1) is 0 Å². The van der Waals surface area contributed by atoms with Crippen molar-refractivity contribution in [1.29, 1.82) is 0 Å². The summed E-state index contributed by atoms with van der Waals surface area (Å²) in [7, 11) is 1.70. The van der Waals surface area contributed by atoms with Crippen LogP contribution in [-0.4, -0.2) is 47.8 Å². The first-order chi connectivity index (χ1) is 11.0. The number of carbonyl (C=O) groups is 1. The van der Waals surface area contributed by atoms with Crippen molar-refractivity contribution >= 4 is 18.3 Å². The summed E-state index contributed by atoms with van der Waals surface area (Å²) in [6.07, 6.45) is 3.90. The van der Waals surface area contributed by atoms with Crippen LogP contribution < -0.4 is 5.73 Å². The van der Waals surface area contributed by atoms with E-state index in [-0.39, 0.29) is 31.5 Å². The number of aliphatic hydroxyl groups excluding tert-OH is 1. The summed E-state index contributed by atoms with van der Waals surface area (Å²) in [5.74, 6) is -0.0701. The maximum absolute atomic E-state index is 12.5. The summed E-state index contributed by atoms with van der Waals surface area (Å²) in [5, 5.41) is 10.1. The van der Waals surface area contributed by atoms with E-state index in [1.807, 2.05) is 30.3 Å². The van der Waals surface area contributed by atoms with Crippen LogP contribution in [-0.2, 0) is 16.1 Å². The lowest BCUT2D eigenvalue weighted by molar-refractivity contribution is -0.138. The van der Waals surface area contributed by atoms with Crippen molar-refractivity contribution in [3.05, 3.63) is 35.9 Å². The number of hydrogen-bond acceptors (Lipinski definition) is 4. The van der Waals surface area contributed by atoms with E-state index < -0.39 is 11.6 Å². The average molecular weight is 357 g/mol. The van der Waals surface area contributed by atoms with Gasteiger partial charge in [0.25, 0.3) is 0 Å².